The van der Waals surface area contributed by atoms with Gasteiger partial charge in [0, 0.05) is 0 Å². The summed E-state index contributed by atoms with van der Waals surface area (Å²) in [5.74, 6) is -0.181. The van der Waals surface area contributed by atoms with E-state index in [1.165, 1.54) is 6.92 Å². The predicted molar refractivity (Wildman–Crippen MR) is 50.9 cm³/mol. The highest BCUT2D eigenvalue weighted by molar-refractivity contribution is 6.38. The van der Waals surface area contributed by atoms with E-state index in [1.54, 1.807) is 12.1 Å². The summed E-state index contributed by atoms with van der Waals surface area (Å²) < 4.78 is 0. The fraction of sp³-hybridized carbons (Fsp3) is 0.125. The van der Waals surface area contributed by atoms with Gasteiger partial charge < -0.3 is 5.73 Å². The van der Waals surface area contributed by atoms with Crippen molar-refractivity contribution in [1.29, 1.82) is 0 Å². The van der Waals surface area contributed by atoms with Crippen molar-refractivity contribution < 1.29 is 4.79 Å². The molecule has 1 aromatic rings. The van der Waals surface area contributed by atoms with Gasteiger partial charge in [-0.25, -0.2) is 0 Å². The average Bonchev–Trinajstić information content (AvgIpc) is 1.97. The molecule has 1 aromatic carbocycles. The van der Waals surface area contributed by atoms with Gasteiger partial charge in [-0.05, 0) is 19.1 Å². The van der Waals surface area contributed by atoms with Crippen molar-refractivity contribution in [3.63, 3.8) is 0 Å². The molecule has 0 spiro atoms. The second-order valence-electron chi connectivity index (χ2n) is 2.37. The smallest absolute Gasteiger partial charge is 0.163 e. The van der Waals surface area contributed by atoms with E-state index in [9.17, 15) is 4.79 Å². The monoisotopic (exact) mass is 203 g/mol. The number of hydrogen-bond acceptors (Lipinski definition) is 2. The van der Waals surface area contributed by atoms with E-state index >= 15 is 0 Å². The number of anilines is 1. The van der Waals surface area contributed by atoms with E-state index in [2.05, 4.69) is 0 Å². The second kappa shape index (κ2) is 3.33. The Balaban J connectivity index is 3.43. The van der Waals surface area contributed by atoms with E-state index < -0.39 is 0 Å². The Kier molecular flexibility index (Phi) is 2.60. The summed E-state index contributed by atoms with van der Waals surface area (Å²) >= 11 is 11.4. The highest BCUT2D eigenvalue weighted by Gasteiger charge is 2.11. The molecule has 0 aliphatic carbocycles. The van der Waals surface area contributed by atoms with Crippen molar-refractivity contribution in [2.75, 3.05) is 5.73 Å². The fourth-order valence-electron chi connectivity index (χ4n) is 0.925. The van der Waals surface area contributed by atoms with Crippen LogP contribution in [0.1, 0.15) is 17.3 Å². The molecule has 0 radical (unpaired) electrons. The Morgan fingerprint density at radius 3 is 2.25 bits per heavy atom. The summed E-state index contributed by atoms with van der Waals surface area (Å²) in [5, 5.41) is 0.689. The molecule has 1 rings (SSSR count). The van der Waals surface area contributed by atoms with Crippen molar-refractivity contribution >= 4 is 34.7 Å². The molecule has 2 nitrogen and oxygen atoms in total. The van der Waals surface area contributed by atoms with Gasteiger partial charge in [-0.1, -0.05) is 23.2 Å². The van der Waals surface area contributed by atoms with Gasteiger partial charge in [0.1, 0.15) is 0 Å². The van der Waals surface area contributed by atoms with Crippen LogP contribution in [-0.4, -0.2) is 5.78 Å². The third-order valence-electron chi connectivity index (χ3n) is 1.49. The Bertz CT molecular complexity index is 336. The third-order valence-corrected chi connectivity index (χ3v) is 2.14. The molecule has 0 amide bonds. The molecule has 0 unspecified atom stereocenters. The largest absolute Gasteiger partial charge is 0.397 e. The third kappa shape index (κ3) is 1.54. The van der Waals surface area contributed by atoms with E-state index in [4.69, 9.17) is 28.9 Å². The zero-order valence-electron chi connectivity index (χ0n) is 6.40. The summed E-state index contributed by atoms with van der Waals surface area (Å²) in [5.41, 5.74) is 6.09. The van der Waals surface area contributed by atoms with Crippen LogP contribution in [0.3, 0.4) is 0 Å². The first-order valence-electron chi connectivity index (χ1n) is 3.28. The number of rotatable bonds is 1. The van der Waals surface area contributed by atoms with Crippen LogP contribution in [0.4, 0.5) is 5.69 Å². The van der Waals surface area contributed by atoms with Crippen LogP contribution in [0.15, 0.2) is 12.1 Å². The average molecular weight is 204 g/mol. The zero-order valence-corrected chi connectivity index (χ0v) is 7.91. The second-order valence-corrected chi connectivity index (χ2v) is 3.19. The lowest BCUT2D eigenvalue weighted by molar-refractivity contribution is 0.101. The molecular weight excluding hydrogens is 197 g/mol. The van der Waals surface area contributed by atoms with Gasteiger partial charge >= 0.3 is 0 Å². The van der Waals surface area contributed by atoms with Gasteiger partial charge in [-0.3, -0.25) is 4.79 Å². The van der Waals surface area contributed by atoms with Gasteiger partial charge in [-0.2, -0.15) is 0 Å². The number of halogens is 2. The first-order chi connectivity index (χ1) is 5.54. The molecule has 0 bridgehead atoms. The predicted octanol–water partition coefficient (Wildman–Crippen LogP) is 2.78. The highest BCUT2D eigenvalue weighted by Crippen LogP contribution is 2.29. The Labute approximate surface area is 80.3 Å². The Hall–Kier alpha value is -0.730. The van der Waals surface area contributed by atoms with Gasteiger partial charge in [-0.15, -0.1) is 0 Å². The number of nitrogen functional groups attached to an aromatic ring is 1. The molecule has 0 heterocycles. The summed E-state index contributed by atoms with van der Waals surface area (Å²) in [6.07, 6.45) is 0. The number of nitrogens with two attached hydrogens (primary N) is 1. The highest BCUT2D eigenvalue weighted by atomic mass is 35.5. The molecule has 4 heteroatoms. The first-order valence-corrected chi connectivity index (χ1v) is 4.04. The number of carbonyl (C=O) groups is 1. The maximum absolute atomic E-state index is 11.0. The molecule has 2 N–H and O–H groups in total. The quantitative estimate of drug-likeness (QED) is 0.564. The number of ketones is 1. The molecule has 12 heavy (non-hydrogen) atoms. The molecule has 0 aromatic heterocycles. The van der Waals surface area contributed by atoms with Crippen molar-refractivity contribution in [2.24, 2.45) is 0 Å². The van der Waals surface area contributed by atoms with Gasteiger partial charge in [0.05, 0.1) is 21.3 Å². The van der Waals surface area contributed by atoms with Crippen LogP contribution >= 0.6 is 23.2 Å². The minimum atomic E-state index is -0.181. The Morgan fingerprint density at radius 1 is 1.33 bits per heavy atom. The summed E-state index contributed by atoms with van der Waals surface area (Å²) in [7, 11) is 0. The lowest BCUT2D eigenvalue weighted by atomic mass is 10.1. The summed E-state index contributed by atoms with van der Waals surface area (Å²) in [4.78, 5) is 11.0. The molecule has 0 aliphatic rings. The van der Waals surface area contributed by atoms with Crippen LogP contribution in [-0.2, 0) is 0 Å². The molecular formula is C8H7Cl2NO. The maximum atomic E-state index is 11.0. The van der Waals surface area contributed by atoms with Crippen LogP contribution in [0.25, 0.3) is 0 Å². The molecule has 64 valence electrons. The number of hydrogen-bond donors (Lipinski definition) is 1. The standard InChI is InChI=1S/C8H7Cl2NO/c1-4(12)7-5(9)2-3-6(10)8(7)11/h2-3H,11H2,1H3. The van der Waals surface area contributed by atoms with Crippen LogP contribution in [0, 0.1) is 0 Å². The Morgan fingerprint density at radius 2 is 1.83 bits per heavy atom. The number of benzene rings is 1. The zero-order chi connectivity index (χ0) is 9.30. The molecule has 0 fully saturated rings. The minimum Gasteiger partial charge on any atom is -0.397 e. The van der Waals surface area contributed by atoms with Gasteiger partial charge in [0.2, 0.25) is 0 Å². The summed E-state index contributed by atoms with van der Waals surface area (Å²) in [6.45, 7) is 1.40. The molecule has 0 saturated carbocycles. The lowest BCUT2D eigenvalue weighted by Gasteiger charge is -2.05. The van der Waals surface area contributed by atoms with Crippen LogP contribution < -0.4 is 5.73 Å². The first kappa shape index (κ1) is 9.36. The molecule has 0 aliphatic heterocycles. The van der Waals surface area contributed by atoms with Crippen LogP contribution in [0.5, 0.6) is 0 Å². The van der Waals surface area contributed by atoms with E-state index in [0.717, 1.165) is 0 Å². The van der Waals surface area contributed by atoms with Crippen molar-refractivity contribution in [3.8, 4) is 0 Å². The number of Topliss-reactive ketones (excluding diaryl/α,β-unsaturated/α-hetero) is 1. The molecule has 0 atom stereocenters. The molecule has 0 saturated heterocycles. The SMILES string of the molecule is CC(=O)c1c(Cl)ccc(Cl)c1N. The minimum absolute atomic E-state index is 0.181. The van der Waals surface area contributed by atoms with Crippen molar-refractivity contribution in [3.05, 3.63) is 27.7 Å². The summed E-state index contributed by atoms with van der Waals surface area (Å²) in [6, 6.07) is 3.11. The topological polar surface area (TPSA) is 43.1 Å². The van der Waals surface area contributed by atoms with Crippen LogP contribution in [0.2, 0.25) is 10.0 Å². The van der Waals surface area contributed by atoms with E-state index in [1.807, 2.05) is 0 Å². The number of carbonyl (C=O) groups excluding carboxylic acids is 1. The maximum Gasteiger partial charge on any atom is 0.163 e. The fourth-order valence-corrected chi connectivity index (χ4v) is 1.38. The lowest BCUT2D eigenvalue weighted by Crippen LogP contribution is -2.01. The van der Waals surface area contributed by atoms with E-state index in [-0.39, 0.29) is 11.5 Å². The van der Waals surface area contributed by atoms with Gasteiger partial charge in [0.15, 0.2) is 5.78 Å². The van der Waals surface area contributed by atoms with E-state index in [0.29, 0.717) is 15.6 Å². The van der Waals surface area contributed by atoms with Gasteiger partial charge in [0.25, 0.3) is 0 Å². The normalized spacial score (nSPS) is 9.92. The van der Waals surface area contributed by atoms with Crippen molar-refractivity contribution in [1.82, 2.24) is 0 Å². The van der Waals surface area contributed by atoms with Crippen molar-refractivity contribution in [2.45, 2.75) is 6.92 Å².